The summed E-state index contributed by atoms with van der Waals surface area (Å²) in [6, 6.07) is 5.41. The van der Waals surface area contributed by atoms with Gasteiger partial charge in [-0.15, -0.1) is 0 Å². The van der Waals surface area contributed by atoms with Gasteiger partial charge in [-0.05, 0) is 50.3 Å². The largest absolute Gasteiger partial charge is 0.497 e. The van der Waals surface area contributed by atoms with Crippen molar-refractivity contribution in [2.45, 2.75) is 43.7 Å². The lowest BCUT2D eigenvalue weighted by Gasteiger charge is -2.57. The van der Waals surface area contributed by atoms with Crippen LogP contribution in [0.15, 0.2) is 18.2 Å². The van der Waals surface area contributed by atoms with Crippen LogP contribution in [0.4, 0.5) is 0 Å². The number of hydrogen-bond donors (Lipinski definition) is 0. The summed E-state index contributed by atoms with van der Waals surface area (Å²) >= 11 is 0. The summed E-state index contributed by atoms with van der Waals surface area (Å²) in [6.07, 6.45) is 6.08. The Morgan fingerprint density at radius 3 is 2.78 bits per heavy atom. The lowest BCUT2D eigenvalue weighted by molar-refractivity contribution is -0.0807. The number of amides is 1. The molecule has 148 valence electrons. The zero-order valence-electron chi connectivity index (χ0n) is 16.4. The maximum absolute atomic E-state index is 13.3. The molecule has 1 spiro atoms. The molecule has 1 aromatic carbocycles. The number of carbonyl (C=O) groups excluding carboxylic acids is 1. The van der Waals surface area contributed by atoms with Gasteiger partial charge in [0.25, 0.3) is 5.91 Å². The molecular formula is C21H30N2O4. The van der Waals surface area contributed by atoms with E-state index in [0.717, 1.165) is 45.6 Å². The molecule has 3 heterocycles. The third kappa shape index (κ3) is 3.52. The molecule has 0 aliphatic carbocycles. The number of likely N-dealkylation sites (tertiary alicyclic amines) is 2. The van der Waals surface area contributed by atoms with E-state index in [1.165, 1.54) is 19.3 Å². The molecule has 6 nitrogen and oxygen atoms in total. The van der Waals surface area contributed by atoms with Crippen LogP contribution in [0.2, 0.25) is 0 Å². The fourth-order valence-corrected chi connectivity index (χ4v) is 4.80. The smallest absolute Gasteiger partial charge is 0.257 e. The number of ether oxygens (including phenoxy) is 3. The van der Waals surface area contributed by atoms with Crippen molar-refractivity contribution in [3.05, 3.63) is 23.8 Å². The number of carbonyl (C=O) groups is 1. The molecule has 0 N–H and O–H groups in total. The standard InChI is InChI=1S/C21H30N2O4/c1-25-16-6-7-19(26-2)18(13-16)20(24)22-10-4-8-21(15-22)9-11-23(21)14-17-5-3-12-27-17/h6-7,13,17H,3-5,8-12,14-15H2,1-2H3/t17-,21-/m0/s1. The second kappa shape index (κ2) is 7.68. The van der Waals surface area contributed by atoms with Gasteiger partial charge in [0.1, 0.15) is 11.5 Å². The third-order valence-electron chi connectivity index (χ3n) is 6.45. The van der Waals surface area contributed by atoms with Crippen molar-refractivity contribution in [2.24, 2.45) is 0 Å². The van der Waals surface area contributed by atoms with Gasteiger partial charge in [-0.25, -0.2) is 0 Å². The first-order valence-electron chi connectivity index (χ1n) is 10.0. The Kier molecular flexibility index (Phi) is 5.28. The maximum atomic E-state index is 13.3. The Balaban J connectivity index is 1.49. The van der Waals surface area contributed by atoms with E-state index >= 15 is 0 Å². The predicted molar refractivity (Wildman–Crippen MR) is 103 cm³/mol. The van der Waals surface area contributed by atoms with Gasteiger partial charge >= 0.3 is 0 Å². The number of hydrogen-bond acceptors (Lipinski definition) is 5. The van der Waals surface area contributed by atoms with Crippen LogP contribution in [0.3, 0.4) is 0 Å². The number of nitrogens with zero attached hydrogens (tertiary/aromatic N) is 2. The summed E-state index contributed by atoms with van der Waals surface area (Å²) in [5.74, 6) is 1.31. The molecule has 6 heteroatoms. The molecule has 27 heavy (non-hydrogen) atoms. The topological polar surface area (TPSA) is 51.2 Å². The molecule has 0 aromatic heterocycles. The number of benzene rings is 1. The van der Waals surface area contributed by atoms with Crippen molar-refractivity contribution in [2.75, 3.05) is 47.0 Å². The van der Waals surface area contributed by atoms with Gasteiger partial charge in [-0.1, -0.05) is 0 Å². The van der Waals surface area contributed by atoms with Gasteiger partial charge in [-0.3, -0.25) is 9.69 Å². The molecule has 0 unspecified atom stereocenters. The molecule has 1 amide bonds. The minimum atomic E-state index is 0.0359. The summed E-state index contributed by atoms with van der Waals surface area (Å²) in [4.78, 5) is 17.8. The Bertz CT molecular complexity index is 689. The highest BCUT2D eigenvalue weighted by Crippen LogP contribution is 2.40. The first-order chi connectivity index (χ1) is 13.1. The number of methoxy groups -OCH3 is 2. The first kappa shape index (κ1) is 18.6. The minimum Gasteiger partial charge on any atom is -0.497 e. The second-order valence-electron chi connectivity index (χ2n) is 7.95. The zero-order valence-corrected chi connectivity index (χ0v) is 16.4. The van der Waals surface area contributed by atoms with Crippen molar-refractivity contribution >= 4 is 5.91 Å². The summed E-state index contributed by atoms with van der Waals surface area (Å²) in [5, 5.41) is 0. The summed E-state index contributed by atoms with van der Waals surface area (Å²) < 4.78 is 16.6. The number of piperidine rings is 1. The normalized spacial score (nSPS) is 28.2. The van der Waals surface area contributed by atoms with Crippen molar-refractivity contribution < 1.29 is 19.0 Å². The summed E-state index contributed by atoms with van der Waals surface area (Å²) in [5.41, 5.74) is 0.713. The van der Waals surface area contributed by atoms with E-state index in [0.29, 0.717) is 23.2 Å². The minimum absolute atomic E-state index is 0.0359. The van der Waals surface area contributed by atoms with E-state index in [9.17, 15) is 4.79 Å². The lowest BCUT2D eigenvalue weighted by Crippen LogP contribution is -2.68. The van der Waals surface area contributed by atoms with Crippen molar-refractivity contribution in [1.82, 2.24) is 9.80 Å². The van der Waals surface area contributed by atoms with Gasteiger partial charge in [0.15, 0.2) is 0 Å². The first-order valence-corrected chi connectivity index (χ1v) is 10.0. The van der Waals surface area contributed by atoms with E-state index in [1.54, 1.807) is 26.4 Å². The van der Waals surface area contributed by atoms with Gasteiger partial charge < -0.3 is 19.1 Å². The van der Waals surface area contributed by atoms with E-state index < -0.39 is 0 Å². The van der Waals surface area contributed by atoms with Crippen LogP contribution in [-0.4, -0.2) is 74.4 Å². The molecule has 3 aliphatic heterocycles. The highest BCUT2D eigenvalue weighted by Gasteiger charge is 2.48. The van der Waals surface area contributed by atoms with Crippen LogP contribution in [0.1, 0.15) is 42.5 Å². The molecule has 2 atom stereocenters. The molecule has 1 aromatic rings. The van der Waals surface area contributed by atoms with E-state index in [4.69, 9.17) is 14.2 Å². The molecule has 3 saturated heterocycles. The second-order valence-corrected chi connectivity index (χ2v) is 7.95. The Labute approximate surface area is 161 Å². The van der Waals surface area contributed by atoms with E-state index in [2.05, 4.69) is 4.90 Å². The number of rotatable bonds is 5. The monoisotopic (exact) mass is 374 g/mol. The zero-order chi connectivity index (χ0) is 18.9. The van der Waals surface area contributed by atoms with Crippen molar-refractivity contribution in [1.29, 1.82) is 0 Å². The highest BCUT2D eigenvalue weighted by molar-refractivity contribution is 5.97. The SMILES string of the molecule is COc1ccc(OC)c(C(=O)N2CCC[C@]3(CCN3C[C@@H]3CCCO3)C2)c1. The molecular weight excluding hydrogens is 344 g/mol. The van der Waals surface area contributed by atoms with Gasteiger partial charge in [0.2, 0.25) is 0 Å². The lowest BCUT2D eigenvalue weighted by atomic mass is 9.77. The predicted octanol–water partition coefficient (Wildman–Crippen LogP) is 2.56. The van der Waals surface area contributed by atoms with Gasteiger partial charge in [0, 0.05) is 38.3 Å². The average Bonchev–Trinajstić information content (AvgIpc) is 3.23. The van der Waals surface area contributed by atoms with E-state index in [1.807, 2.05) is 11.0 Å². The molecule has 3 aliphatic rings. The molecule has 0 radical (unpaired) electrons. The van der Waals surface area contributed by atoms with Crippen LogP contribution in [-0.2, 0) is 4.74 Å². The third-order valence-corrected chi connectivity index (χ3v) is 6.45. The van der Waals surface area contributed by atoms with Gasteiger partial charge in [-0.2, -0.15) is 0 Å². The Morgan fingerprint density at radius 2 is 2.11 bits per heavy atom. The van der Waals surface area contributed by atoms with Crippen molar-refractivity contribution in [3.63, 3.8) is 0 Å². The summed E-state index contributed by atoms with van der Waals surface area (Å²) in [6.45, 7) is 4.61. The van der Waals surface area contributed by atoms with Crippen LogP contribution >= 0.6 is 0 Å². The van der Waals surface area contributed by atoms with Crippen LogP contribution in [0, 0.1) is 0 Å². The van der Waals surface area contributed by atoms with Crippen LogP contribution in [0.25, 0.3) is 0 Å². The molecule has 4 rings (SSSR count). The Hall–Kier alpha value is -1.79. The fourth-order valence-electron chi connectivity index (χ4n) is 4.80. The summed E-state index contributed by atoms with van der Waals surface area (Å²) in [7, 11) is 3.22. The fraction of sp³-hybridized carbons (Fsp3) is 0.667. The van der Waals surface area contributed by atoms with Crippen LogP contribution in [0.5, 0.6) is 11.5 Å². The molecule has 3 fully saturated rings. The highest BCUT2D eigenvalue weighted by atomic mass is 16.5. The maximum Gasteiger partial charge on any atom is 0.257 e. The quantitative estimate of drug-likeness (QED) is 0.793. The van der Waals surface area contributed by atoms with Crippen LogP contribution < -0.4 is 9.47 Å². The van der Waals surface area contributed by atoms with Crippen molar-refractivity contribution in [3.8, 4) is 11.5 Å². The molecule has 0 saturated carbocycles. The molecule has 0 bridgehead atoms. The average molecular weight is 374 g/mol. The van der Waals surface area contributed by atoms with Gasteiger partial charge in [0.05, 0.1) is 25.9 Å². The van der Waals surface area contributed by atoms with E-state index in [-0.39, 0.29) is 11.4 Å². The Morgan fingerprint density at radius 1 is 1.22 bits per heavy atom.